The zero-order chi connectivity index (χ0) is 26.6. The largest absolute Gasteiger partial charge is 0.378 e. The first-order valence-corrected chi connectivity index (χ1v) is 12.9. The summed E-state index contributed by atoms with van der Waals surface area (Å²) in [6, 6.07) is 7.33. The Labute approximate surface area is 215 Å². The van der Waals surface area contributed by atoms with Crippen LogP contribution in [0, 0.1) is 0 Å². The minimum Gasteiger partial charge on any atom is -0.378 e. The summed E-state index contributed by atoms with van der Waals surface area (Å²) in [5.74, 6) is -1.39. The van der Waals surface area contributed by atoms with Gasteiger partial charge in [-0.15, -0.1) is 0 Å². The Morgan fingerprint density at radius 2 is 1.64 bits per heavy atom. The smallest absolute Gasteiger partial charge is 0.243 e. The van der Waals surface area contributed by atoms with Gasteiger partial charge in [-0.05, 0) is 24.0 Å². The molecule has 0 spiro atoms. The van der Waals surface area contributed by atoms with Crippen molar-refractivity contribution in [2.45, 2.75) is 24.9 Å². The molecule has 13 heteroatoms. The molecule has 0 saturated carbocycles. The lowest BCUT2D eigenvalue weighted by Crippen LogP contribution is -2.53. The molecule has 0 aliphatic heterocycles. The maximum atomic E-state index is 12.8. The maximum Gasteiger partial charge on any atom is 0.243 e. The predicted octanol–water partition coefficient (Wildman–Crippen LogP) is -2.09. The van der Waals surface area contributed by atoms with Gasteiger partial charge < -0.3 is 37.1 Å². The van der Waals surface area contributed by atoms with Crippen LogP contribution in [0.15, 0.2) is 30.3 Å². The molecule has 1 aromatic rings. The minimum atomic E-state index is -0.974. The molecule has 0 aliphatic rings. The van der Waals surface area contributed by atoms with E-state index in [9.17, 15) is 24.0 Å². The highest BCUT2D eigenvalue weighted by Crippen LogP contribution is 2.04. The van der Waals surface area contributed by atoms with Gasteiger partial charge >= 0.3 is 0 Å². The van der Waals surface area contributed by atoms with Crippen LogP contribution in [-0.4, -0.2) is 93.5 Å². The van der Waals surface area contributed by atoms with Crippen molar-refractivity contribution in [3.8, 4) is 0 Å². The fourth-order valence-electron chi connectivity index (χ4n) is 3.00. The summed E-state index contributed by atoms with van der Waals surface area (Å²) in [6.07, 6.45) is 2.91. The molecule has 0 bridgehead atoms. The fourth-order valence-corrected chi connectivity index (χ4v) is 3.48. The number of thioether (sulfide) groups is 1. The molecule has 7 N–H and O–H groups in total. The van der Waals surface area contributed by atoms with Crippen molar-refractivity contribution < 1.29 is 28.7 Å². The fraction of sp³-hybridized carbons (Fsp3) is 0.522. The van der Waals surface area contributed by atoms with Crippen LogP contribution in [0.4, 0.5) is 0 Å². The predicted molar refractivity (Wildman–Crippen MR) is 137 cm³/mol. The number of benzene rings is 1. The van der Waals surface area contributed by atoms with Crippen molar-refractivity contribution in [3.05, 3.63) is 35.9 Å². The summed E-state index contributed by atoms with van der Waals surface area (Å²) in [5.41, 5.74) is 6.12. The molecule has 200 valence electrons. The standard InChI is InChI=1S/C23H36N6O6S/c1-36-12-7-18(28-16-30)22(33)27-15-21(32)29-19(13-17-5-3-2-4-6-17)23(34)26-14-20(31)25-9-11-35-10-8-24/h2-6,16,18-19H,7-15,24H2,1H3,(H,25,31)(H,26,34)(H,27,33)(H,28,30)(H,29,32). The van der Waals surface area contributed by atoms with Crippen LogP contribution < -0.4 is 32.3 Å². The van der Waals surface area contributed by atoms with Crippen LogP contribution in [0.25, 0.3) is 0 Å². The lowest BCUT2D eigenvalue weighted by Gasteiger charge is -2.20. The molecule has 1 rings (SSSR count). The van der Waals surface area contributed by atoms with Gasteiger partial charge in [-0.1, -0.05) is 30.3 Å². The molecular weight excluding hydrogens is 488 g/mol. The Hall–Kier alpha value is -3.16. The third kappa shape index (κ3) is 13.7. The van der Waals surface area contributed by atoms with E-state index < -0.39 is 35.7 Å². The van der Waals surface area contributed by atoms with Crippen LogP contribution in [0.3, 0.4) is 0 Å². The van der Waals surface area contributed by atoms with E-state index in [1.807, 2.05) is 24.5 Å². The van der Waals surface area contributed by atoms with E-state index in [2.05, 4.69) is 26.6 Å². The average Bonchev–Trinajstić information content (AvgIpc) is 2.88. The van der Waals surface area contributed by atoms with Gasteiger partial charge in [0.15, 0.2) is 0 Å². The summed E-state index contributed by atoms with van der Waals surface area (Å²) in [4.78, 5) is 60.3. The summed E-state index contributed by atoms with van der Waals surface area (Å²) >= 11 is 1.52. The van der Waals surface area contributed by atoms with Crippen molar-refractivity contribution in [1.82, 2.24) is 26.6 Å². The number of amides is 5. The lowest BCUT2D eigenvalue weighted by atomic mass is 10.1. The number of nitrogens with one attached hydrogen (secondary N) is 5. The van der Waals surface area contributed by atoms with Crippen molar-refractivity contribution >= 4 is 41.8 Å². The highest BCUT2D eigenvalue weighted by Gasteiger charge is 2.23. The first-order valence-electron chi connectivity index (χ1n) is 11.5. The summed E-state index contributed by atoms with van der Waals surface area (Å²) < 4.78 is 5.17. The average molecular weight is 525 g/mol. The van der Waals surface area contributed by atoms with Crippen LogP contribution in [0.2, 0.25) is 0 Å². The Bertz CT molecular complexity index is 829. The molecule has 12 nitrogen and oxygen atoms in total. The molecule has 0 aromatic heterocycles. The zero-order valence-corrected chi connectivity index (χ0v) is 21.2. The van der Waals surface area contributed by atoms with Gasteiger partial charge in [0.1, 0.15) is 12.1 Å². The second-order valence-corrected chi connectivity index (χ2v) is 8.60. The van der Waals surface area contributed by atoms with Gasteiger partial charge in [0.2, 0.25) is 30.0 Å². The van der Waals surface area contributed by atoms with Gasteiger partial charge in [-0.2, -0.15) is 11.8 Å². The molecule has 2 unspecified atom stereocenters. The number of carbonyl (C=O) groups is 5. The Morgan fingerprint density at radius 1 is 0.972 bits per heavy atom. The van der Waals surface area contributed by atoms with Crippen LogP contribution in [0.5, 0.6) is 0 Å². The molecule has 1 aromatic carbocycles. The Balaban J connectivity index is 2.64. The lowest BCUT2D eigenvalue weighted by molar-refractivity contribution is -0.131. The van der Waals surface area contributed by atoms with Crippen LogP contribution in [0.1, 0.15) is 12.0 Å². The van der Waals surface area contributed by atoms with Gasteiger partial charge in [0.25, 0.3) is 0 Å². The van der Waals surface area contributed by atoms with E-state index in [-0.39, 0.29) is 26.1 Å². The minimum absolute atomic E-state index is 0.184. The molecule has 0 aliphatic carbocycles. The molecule has 2 atom stereocenters. The second kappa shape index (κ2) is 19.1. The number of rotatable bonds is 19. The van der Waals surface area contributed by atoms with E-state index in [1.54, 1.807) is 12.1 Å². The molecule has 0 saturated heterocycles. The monoisotopic (exact) mass is 524 g/mol. The Morgan fingerprint density at radius 3 is 2.28 bits per heavy atom. The number of carbonyl (C=O) groups excluding carboxylic acids is 5. The number of hydrogen-bond donors (Lipinski definition) is 6. The first kappa shape index (κ1) is 30.9. The quantitative estimate of drug-likeness (QED) is 0.0880. The van der Waals surface area contributed by atoms with E-state index in [1.165, 1.54) is 11.8 Å². The molecule has 0 fully saturated rings. The second-order valence-electron chi connectivity index (χ2n) is 7.62. The highest BCUT2D eigenvalue weighted by molar-refractivity contribution is 7.98. The topological polar surface area (TPSA) is 181 Å². The SMILES string of the molecule is CSCCC(NC=O)C(=O)NCC(=O)NC(Cc1ccccc1)C(=O)NCC(=O)NCCOCCN. The maximum absolute atomic E-state index is 12.8. The van der Waals surface area contributed by atoms with E-state index in [0.717, 1.165) is 5.56 Å². The van der Waals surface area contributed by atoms with Crippen molar-refractivity contribution in [1.29, 1.82) is 0 Å². The number of hydrogen-bond acceptors (Lipinski definition) is 8. The molecule has 5 amide bonds. The normalized spacial score (nSPS) is 12.1. The van der Waals surface area contributed by atoms with E-state index >= 15 is 0 Å². The van der Waals surface area contributed by atoms with Crippen molar-refractivity contribution in [2.75, 3.05) is 51.4 Å². The molecular formula is C23H36N6O6S. The van der Waals surface area contributed by atoms with E-state index in [4.69, 9.17) is 10.5 Å². The van der Waals surface area contributed by atoms with Gasteiger partial charge in [-0.25, -0.2) is 0 Å². The Kier molecular flexibility index (Phi) is 16.4. The zero-order valence-electron chi connectivity index (χ0n) is 20.4. The van der Waals surface area contributed by atoms with Gasteiger partial charge in [0, 0.05) is 19.5 Å². The number of ether oxygens (including phenoxy) is 1. The molecule has 0 radical (unpaired) electrons. The summed E-state index contributed by atoms with van der Waals surface area (Å²) in [7, 11) is 0. The van der Waals surface area contributed by atoms with Gasteiger partial charge in [0.05, 0.1) is 26.3 Å². The molecule has 36 heavy (non-hydrogen) atoms. The van der Waals surface area contributed by atoms with Crippen molar-refractivity contribution in [3.63, 3.8) is 0 Å². The third-order valence-electron chi connectivity index (χ3n) is 4.81. The van der Waals surface area contributed by atoms with Gasteiger partial charge in [-0.3, -0.25) is 24.0 Å². The first-order chi connectivity index (χ1) is 17.4. The summed E-state index contributed by atoms with van der Waals surface area (Å²) in [6.45, 7) is 0.695. The molecule has 0 heterocycles. The summed E-state index contributed by atoms with van der Waals surface area (Å²) in [5, 5.41) is 12.6. The van der Waals surface area contributed by atoms with Crippen LogP contribution >= 0.6 is 11.8 Å². The third-order valence-corrected chi connectivity index (χ3v) is 5.45. The van der Waals surface area contributed by atoms with Crippen LogP contribution in [-0.2, 0) is 35.1 Å². The van der Waals surface area contributed by atoms with E-state index in [0.29, 0.717) is 38.3 Å². The number of nitrogens with two attached hydrogens (primary N) is 1. The van der Waals surface area contributed by atoms with Crippen molar-refractivity contribution in [2.24, 2.45) is 5.73 Å². The highest BCUT2D eigenvalue weighted by atomic mass is 32.2.